The molecule has 0 aliphatic carbocycles. The van der Waals surface area contributed by atoms with Gasteiger partial charge in [-0.05, 0) is 61.7 Å². The molecule has 5 heteroatoms. The van der Waals surface area contributed by atoms with E-state index in [1.165, 1.54) is 11.6 Å². The van der Waals surface area contributed by atoms with E-state index in [-0.39, 0.29) is 18.0 Å². The average Bonchev–Trinajstić information content (AvgIpc) is 3.06. The second-order valence-electron chi connectivity index (χ2n) is 7.30. The highest BCUT2D eigenvalue weighted by Crippen LogP contribution is 2.28. The van der Waals surface area contributed by atoms with Crippen molar-refractivity contribution in [3.05, 3.63) is 89.0 Å². The third kappa shape index (κ3) is 3.63. The molecule has 2 heterocycles. The van der Waals surface area contributed by atoms with Gasteiger partial charge in [-0.1, -0.05) is 30.3 Å². The third-order valence-corrected chi connectivity index (χ3v) is 5.20. The number of amides is 1. The van der Waals surface area contributed by atoms with Gasteiger partial charge >= 0.3 is 0 Å². The van der Waals surface area contributed by atoms with Crippen molar-refractivity contribution >= 4 is 17.2 Å². The van der Waals surface area contributed by atoms with E-state index in [0.717, 1.165) is 33.7 Å². The highest BCUT2D eigenvalue weighted by atomic mass is 19.1. The molecule has 4 aromatic rings. The van der Waals surface area contributed by atoms with Crippen molar-refractivity contribution in [2.24, 2.45) is 0 Å². The second-order valence-corrected chi connectivity index (χ2v) is 7.30. The van der Waals surface area contributed by atoms with Gasteiger partial charge in [0.15, 0.2) is 0 Å². The largest absolute Gasteiger partial charge is 0.323 e. The molecule has 4 rings (SSSR count). The van der Waals surface area contributed by atoms with Crippen LogP contribution in [0.5, 0.6) is 0 Å². The van der Waals surface area contributed by atoms with E-state index >= 15 is 0 Å². The van der Waals surface area contributed by atoms with Crippen LogP contribution >= 0.6 is 0 Å². The van der Waals surface area contributed by atoms with Crippen LogP contribution in [0.2, 0.25) is 0 Å². The summed E-state index contributed by atoms with van der Waals surface area (Å²) >= 11 is 0. The van der Waals surface area contributed by atoms with Gasteiger partial charge in [-0.3, -0.25) is 4.79 Å². The van der Waals surface area contributed by atoms with Gasteiger partial charge < -0.3 is 9.72 Å². The molecular weight excluding hydrogens is 365 g/mol. The Morgan fingerprint density at radius 3 is 2.55 bits per heavy atom. The van der Waals surface area contributed by atoms with Crippen LogP contribution in [-0.2, 0) is 11.2 Å². The number of carbonyl (C=O) groups is 1. The zero-order valence-corrected chi connectivity index (χ0v) is 16.7. The number of halogens is 1. The first kappa shape index (κ1) is 18.9. The molecule has 0 aliphatic rings. The SMILES string of the molecule is Cc1ccc(-c2nc3c(C)cccn3c2CC(=O)Nc2ccccc2F)cc1C. The number of hydrogen-bond acceptors (Lipinski definition) is 2. The van der Waals surface area contributed by atoms with Gasteiger partial charge in [0.05, 0.1) is 23.5 Å². The summed E-state index contributed by atoms with van der Waals surface area (Å²) in [7, 11) is 0. The van der Waals surface area contributed by atoms with Crippen molar-refractivity contribution in [1.29, 1.82) is 0 Å². The number of aryl methyl sites for hydroxylation is 3. The van der Waals surface area contributed by atoms with Crippen LogP contribution in [0, 0.1) is 26.6 Å². The zero-order valence-electron chi connectivity index (χ0n) is 16.7. The number of benzene rings is 2. The molecule has 0 spiro atoms. The molecule has 4 nitrogen and oxygen atoms in total. The molecule has 1 N–H and O–H groups in total. The van der Waals surface area contributed by atoms with Crippen LogP contribution in [0.1, 0.15) is 22.4 Å². The van der Waals surface area contributed by atoms with Gasteiger partial charge in [-0.25, -0.2) is 9.37 Å². The summed E-state index contributed by atoms with van der Waals surface area (Å²) < 4.78 is 15.9. The lowest BCUT2D eigenvalue weighted by Crippen LogP contribution is -2.17. The minimum Gasteiger partial charge on any atom is -0.323 e. The average molecular weight is 387 g/mol. The van der Waals surface area contributed by atoms with Gasteiger partial charge in [-0.15, -0.1) is 0 Å². The van der Waals surface area contributed by atoms with Crippen LogP contribution < -0.4 is 5.32 Å². The fourth-order valence-corrected chi connectivity index (χ4v) is 3.45. The maximum atomic E-state index is 13.9. The number of para-hydroxylation sites is 1. The Bertz CT molecular complexity index is 1230. The Morgan fingerprint density at radius 2 is 1.79 bits per heavy atom. The molecule has 0 atom stereocenters. The van der Waals surface area contributed by atoms with Crippen molar-refractivity contribution in [1.82, 2.24) is 9.38 Å². The molecule has 0 aliphatic heterocycles. The minimum atomic E-state index is -0.454. The Morgan fingerprint density at radius 1 is 1.00 bits per heavy atom. The summed E-state index contributed by atoms with van der Waals surface area (Å²) in [5, 5.41) is 2.67. The number of aromatic nitrogens is 2. The monoisotopic (exact) mass is 387 g/mol. The molecular formula is C24H22FN3O. The first-order valence-electron chi connectivity index (χ1n) is 9.52. The number of nitrogens with zero attached hydrogens (tertiary/aromatic N) is 2. The predicted molar refractivity (Wildman–Crippen MR) is 114 cm³/mol. The maximum absolute atomic E-state index is 13.9. The highest BCUT2D eigenvalue weighted by molar-refractivity contribution is 5.93. The van der Waals surface area contributed by atoms with Crippen molar-refractivity contribution in [3.8, 4) is 11.3 Å². The molecule has 0 saturated carbocycles. The maximum Gasteiger partial charge on any atom is 0.230 e. The van der Waals surface area contributed by atoms with Crippen LogP contribution in [0.4, 0.5) is 10.1 Å². The smallest absolute Gasteiger partial charge is 0.230 e. The van der Waals surface area contributed by atoms with Gasteiger partial charge in [0.25, 0.3) is 0 Å². The third-order valence-electron chi connectivity index (χ3n) is 5.20. The van der Waals surface area contributed by atoms with E-state index in [2.05, 4.69) is 31.3 Å². The molecule has 29 heavy (non-hydrogen) atoms. The Kier molecular flexibility index (Phi) is 4.89. The summed E-state index contributed by atoms with van der Waals surface area (Å²) in [5.41, 5.74) is 6.89. The van der Waals surface area contributed by atoms with Gasteiger partial charge in [-0.2, -0.15) is 0 Å². The summed E-state index contributed by atoms with van der Waals surface area (Å²) in [4.78, 5) is 17.6. The Labute approximate surface area is 169 Å². The number of fused-ring (bicyclic) bond motifs is 1. The van der Waals surface area contributed by atoms with E-state index in [1.807, 2.05) is 35.7 Å². The van der Waals surface area contributed by atoms with Gasteiger partial charge in [0, 0.05) is 11.8 Å². The number of carbonyl (C=O) groups excluding carboxylic acids is 1. The number of imidazole rings is 1. The van der Waals surface area contributed by atoms with Crippen molar-refractivity contribution in [2.45, 2.75) is 27.2 Å². The molecule has 0 bridgehead atoms. The summed E-state index contributed by atoms with van der Waals surface area (Å²) in [6.45, 7) is 6.12. The van der Waals surface area contributed by atoms with Crippen molar-refractivity contribution < 1.29 is 9.18 Å². The fourth-order valence-electron chi connectivity index (χ4n) is 3.45. The van der Waals surface area contributed by atoms with E-state index in [1.54, 1.807) is 18.2 Å². The zero-order chi connectivity index (χ0) is 20.5. The predicted octanol–water partition coefficient (Wildman–Crippen LogP) is 5.25. The molecule has 0 unspecified atom stereocenters. The Balaban J connectivity index is 1.77. The fraction of sp³-hybridized carbons (Fsp3) is 0.167. The lowest BCUT2D eigenvalue weighted by molar-refractivity contribution is -0.115. The number of anilines is 1. The van der Waals surface area contributed by atoms with Crippen molar-refractivity contribution in [2.75, 3.05) is 5.32 Å². The molecule has 2 aromatic carbocycles. The Hall–Kier alpha value is -3.47. The van der Waals surface area contributed by atoms with Gasteiger partial charge in [0.1, 0.15) is 11.5 Å². The normalized spacial score (nSPS) is 11.0. The molecule has 0 saturated heterocycles. The number of pyridine rings is 1. The topological polar surface area (TPSA) is 46.4 Å². The lowest BCUT2D eigenvalue weighted by atomic mass is 10.0. The van der Waals surface area contributed by atoms with E-state index in [0.29, 0.717) is 0 Å². The van der Waals surface area contributed by atoms with E-state index < -0.39 is 5.82 Å². The summed E-state index contributed by atoms with van der Waals surface area (Å²) in [6.07, 6.45) is 1.99. The number of nitrogens with one attached hydrogen (secondary N) is 1. The molecule has 146 valence electrons. The minimum absolute atomic E-state index is 0.0845. The summed E-state index contributed by atoms with van der Waals surface area (Å²) in [6, 6.07) is 16.3. The van der Waals surface area contributed by atoms with Crippen molar-refractivity contribution in [3.63, 3.8) is 0 Å². The summed E-state index contributed by atoms with van der Waals surface area (Å²) in [5.74, 6) is -0.743. The van der Waals surface area contributed by atoms with Gasteiger partial charge in [0.2, 0.25) is 5.91 Å². The van der Waals surface area contributed by atoms with Crippen LogP contribution in [0.25, 0.3) is 16.9 Å². The molecule has 0 radical (unpaired) electrons. The van der Waals surface area contributed by atoms with Crippen LogP contribution in [0.3, 0.4) is 0 Å². The first-order valence-corrected chi connectivity index (χ1v) is 9.52. The van der Waals surface area contributed by atoms with E-state index in [9.17, 15) is 9.18 Å². The second kappa shape index (κ2) is 7.51. The standard InChI is InChI=1S/C24H22FN3O/c1-15-10-11-18(13-17(15)3)23-21(28-12-6-7-16(2)24(28)27-23)14-22(29)26-20-9-5-4-8-19(20)25/h4-13H,14H2,1-3H3,(H,26,29). The first-order chi connectivity index (χ1) is 13.9. The quantitative estimate of drug-likeness (QED) is 0.520. The van der Waals surface area contributed by atoms with Crippen LogP contribution in [0.15, 0.2) is 60.8 Å². The van der Waals surface area contributed by atoms with Crippen LogP contribution in [-0.4, -0.2) is 15.3 Å². The lowest BCUT2D eigenvalue weighted by Gasteiger charge is -2.09. The molecule has 2 aromatic heterocycles. The van der Waals surface area contributed by atoms with E-state index in [4.69, 9.17) is 4.98 Å². The number of hydrogen-bond donors (Lipinski definition) is 1. The number of rotatable bonds is 4. The molecule has 1 amide bonds. The molecule has 0 fully saturated rings. The highest BCUT2D eigenvalue weighted by Gasteiger charge is 2.19.